The molecule has 0 saturated heterocycles. The molecule has 0 aliphatic heterocycles. The van der Waals surface area contributed by atoms with Crippen molar-refractivity contribution in [1.82, 2.24) is 15.1 Å². The zero-order valence-electron chi connectivity index (χ0n) is 12.8. The molecule has 0 bridgehead atoms. The molecule has 5 N–H and O–H groups in total. The van der Waals surface area contributed by atoms with Crippen LogP contribution < -0.4 is 5.32 Å². The summed E-state index contributed by atoms with van der Waals surface area (Å²) in [4.78, 5) is 3.86. The molecule has 0 unspecified atom stereocenters. The summed E-state index contributed by atoms with van der Waals surface area (Å²) in [5, 5.41) is 35.5. The highest BCUT2D eigenvalue weighted by Gasteiger charge is 1.81. The van der Waals surface area contributed by atoms with Crippen molar-refractivity contribution in [3.63, 3.8) is 0 Å². The van der Waals surface area contributed by atoms with Crippen LogP contribution in [0.4, 0.5) is 0 Å². The van der Waals surface area contributed by atoms with Gasteiger partial charge >= 0.3 is 0 Å². The van der Waals surface area contributed by atoms with Gasteiger partial charge in [-0.25, -0.2) is 0 Å². The molecule has 0 aromatic rings. The summed E-state index contributed by atoms with van der Waals surface area (Å²) >= 11 is 0. The first-order chi connectivity index (χ1) is 8.95. The normalized spacial score (nSPS) is 9.79. The average molecular weight is 283 g/mol. The molecule has 0 rings (SSSR count). The van der Waals surface area contributed by atoms with Gasteiger partial charge in [0.1, 0.15) is 0 Å². The molecule has 0 spiro atoms. The van der Waals surface area contributed by atoms with Crippen molar-refractivity contribution in [2.45, 2.75) is 0 Å². The summed E-state index contributed by atoms with van der Waals surface area (Å²) in [6, 6.07) is 0. The first-order valence-electron chi connectivity index (χ1n) is 6.39. The van der Waals surface area contributed by atoms with Crippen LogP contribution in [0.25, 0.3) is 0 Å². The van der Waals surface area contributed by atoms with E-state index in [1.165, 1.54) is 0 Å². The number of aliphatic hydroxyl groups excluding tert-OH is 4. The molecular weight excluding hydrogens is 250 g/mol. The molecule has 0 aliphatic rings. The quantitative estimate of drug-likeness (QED) is 0.318. The molecule has 19 heavy (non-hydrogen) atoms. The van der Waals surface area contributed by atoms with Crippen LogP contribution in [0.2, 0.25) is 0 Å². The Bertz CT molecular complexity index is 124. The van der Waals surface area contributed by atoms with Gasteiger partial charge in [-0.2, -0.15) is 0 Å². The summed E-state index contributed by atoms with van der Waals surface area (Å²) in [6.45, 7) is 3.46. The number of likely N-dealkylation sites (N-methyl/N-ethyl adjacent to an activating group) is 2. The predicted molar refractivity (Wildman–Crippen MR) is 78.3 cm³/mol. The van der Waals surface area contributed by atoms with Gasteiger partial charge in [0.05, 0.1) is 26.4 Å². The van der Waals surface area contributed by atoms with Crippen LogP contribution in [0, 0.1) is 0 Å². The van der Waals surface area contributed by atoms with E-state index in [1.807, 2.05) is 38.0 Å². The van der Waals surface area contributed by atoms with E-state index in [4.69, 9.17) is 20.4 Å². The topological polar surface area (TPSA) is 99.4 Å². The van der Waals surface area contributed by atoms with Gasteiger partial charge in [0.25, 0.3) is 0 Å². The molecule has 0 heterocycles. The van der Waals surface area contributed by atoms with Crippen molar-refractivity contribution in [2.75, 3.05) is 80.8 Å². The Morgan fingerprint density at radius 1 is 0.632 bits per heavy atom. The van der Waals surface area contributed by atoms with Crippen LogP contribution >= 0.6 is 0 Å². The standard InChI is InChI=1S/C4H11NO2.2C4H11NO/c6-3-1-5-2-4-7;2*1-5(2)3-4-6/h5-7H,1-4H2;2*6H,3-4H2,1-2H3. The van der Waals surface area contributed by atoms with Gasteiger partial charge < -0.3 is 35.5 Å². The van der Waals surface area contributed by atoms with Gasteiger partial charge in [-0.05, 0) is 28.2 Å². The Morgan fingerprint density at radius 2 is 0.947 bits per heavy atom. The lowest BCUT2D eigenvalue weighted by Crippen LogP contribution is -2.21. The number of hydrogen-bond acceptors (Lipinski definition) is 7. The lowest BCUT2D eigenvalue weighted by molar-refractivity contribution is 0.242. The number of aliphatic hydroxyl groups is 4. The minimum atomic E-state index is 0.139. The van der Waals surface area contributed by atoms with Crippen molar-refractivity contribution in [2.24, 2.45) is 0 Å². The van der Waals surface area contributed by atoms with E-state index in [0.29, 0.717) is 13.1 Å². The smallest absolute Gasteiger partial charge is 0.0558 e. The monoisotopic (exact) mass is 283 g/mol. The van der Waals surface area contributed by atoms with Crippen LogP contribution in [-0.2, 0) is 0 Å². The van der Waals surface area contributed by atoms with E-state index in [9.17, 15) is 0 Å². The maximum atomic E-state index is 8.20. The zero-order chi connectivity index (χ0) is 15.5. The van der Waals surface area contributed by atoms with E-state index in [0.717, 1.165) is 13.1 Å². The Balaban J connectivity index is -0.000000203. The highest BCUT2D eigenvalue weighted by atomic mass is 16.3. The van der Waals surface area contributed by atoms with E-state index in [2.05, 4.69) is 5.32 Å². The van der Waals surface area contributed by atoms with Gasteiger partial charge in [-0.15, -0.1) is 0 Å². The second kappa shape index (κ2) is 22.9. The molecule has 0 amide bonds. The van der Waals surface area contributed by atoms with Gasteiger partial charge in [0.2, 0.25) is 0 Å². The molecule has 0 aromatic heterocycles. The Hall–Kier alpha value is -0.280. The predicted octanol–water partition coefficient (Wildman–Crippen LogP) is -2.36. The van der Waals surface area contributed by atoms with Crippen molar-refractivity contribution in [3.8, 4) is 0 Å². The fourth-order valence-corrected chi connectivity index (χ4v) is 0.683. The minimum Gasteiger partial charge on any atom is -0.395 e. The molecule has 7 nitrogen and oxygen atoms in total. The largest absolute Gasteiger partial charge is 0.395 e. The molecule has 0 aromatic carbocycles. The van der Waals surface area contributed by atoms with Crippen LogP contribution in [0.3, 0.4) is 0 Å². The van der Waals surface area contributed by atoms with Crippen LogP contribution in [0.5, 0.6) is 0 Å². The van der Waals surface area contributed by atoms with E-state index >= 15 is 0 Å². The van der Waals surface area contributed by atoms with Crippen molar-refractivity contribution in [1.29, 1.82) is 0 Å². The van der Waals surface area contributed by atoms with Crippen LogP contribution in [0.15, 0.2) is 0 Å². The molecule has 120 valence electrons. The van der Waals surface area contributed by atoms with Crippen LogP contribution in [-0.4, -0.2) is 111 Å². The number of nitrogens with zero attached hydrogens (tertiary/aromatic N) is 2. The first kappa shape index (κ1) is 23.8. The third kappa shape index (κ3) is 46.3. The van der Waals surface area contributed by atoms with E-state index < -0.39 is 0 Å². The van der Waals surface area contributed by atoms with Crippen LogP contribution in [0.1, 0.15) is 0 Å². The fraction of sp³-hybridized carbons (Fsp3) is 1.00. The van der Waals surface area contributed by atoms with Gasteiger partial charge in [0, 0.05) is 26.2 Å². The zero-order valence-corrected chi connectivity index (χ0v) is 12.8. The highest BCUT2D eigenvalue weighted by molar-refractivity contribution is 4.40. The second-order valence-corrected chi connectivity index (χ2v) is 4.25. The molecule has 0 fully saturated rings. The maximum Gasteiger partial charge on any atom is 0.0558 e. The molecule has 0 radical (unpaired) electrons. The van der Waals surface area contributed by atoms with E-state index in [1.54, 1.807) is 0 Å². The maximum absolute atomic E-state index is 8.20. The molecule has 7 heteroatoms. The fourth-order valence-electron chi connectivity index (χ4n) is 0.683. The molecular formula is C12H33N3O4. The Labute approximate surface area is 117 Å². The van der Waals surface area contributed by atoms with Gasteiger partial charge in [-0.3, -0.25) is 0 Å². The highest BCUT2D eigenvalue weighted by Crippen LogP contribution is 1.66. The number of hydrogen-bond donors (Lipinski definition) is 5. The summed E-state index contributed by atoms with van der Waals surface area (Å²) in [5.74, 6) is 0. The summed E-state index contributed by atoms with van der Waals surface area (Å²) in [7, 11) is 7.71. The van der Waals surface area contributed by atoms with Crippen molar-refractivity contribution >= 4 is 0 Å². The Morgan fingerprint density at radius 3 is 1.05 bits per heavy atom. The van der Waals surface area contributed by atoms with Crippen molar-refractivity contribution in [3.05, 3.63) is 0 Å². The number of nitrogens with one attached hydrogen (secondary N) is 1. The average Bonchev–Trinajstić information content (AvgIpc) is 2.31. The summed E-state index contributed by atoms with van der Waals surface area (Å²) in [5.41, 5.74) is 0. The van der Waals surface area contributed by atoms with Crippen molar-refractivity contribution < 1.29 is 20.4 Å². The third-order valence-corrected chi connectivity index (χ3v) is 1.67. The first-order valence-corrected chi connectivity index (χ1v) is 6.39. The molecule has 0 aliphatic carbocycles. The van der Waals surface area contributed by atoms with Gasteiger partial charge in [0.15, 0.2) is 0 Å². The lowest BCUT2D eigenvalue weighted by Gasteiger charge is -2.03. The van der Waals surface area contributed by atoms with Gasteiger partial charge in [-0.1, -0.05) is 0 Å². The summed E-state index contributed by atoms with van der Waals surface area (Å²) < 4.78 is 0. The third-order valence-electron chi connectivity index (χ3n) is 1.67. The second-order valence-electron chi connectivity index (χ2n) is 4.25. The van der Waals surface area contributed by atoms with E-state index in [-0.39, 0.29) is 26.4 Å². The lowest BCUT2D eigenvalue weighted by atomic mass is 10.6. The summed E-state index contributed by atoms with van der Waals surface area (Å²) in [6.07, 6.45) is 0. The minimum absolute atomic E-state index is 0.139. The Kier molecular flexibility index (Phi) is 28.6. The molecule has 0 saturated carbocycles. The number of rotatable bonds is 8. The molecule has 0 atom stereocenters. The SMILES string of the molecule is CN(C)CCO.CN(C)CCO.OCCNCCO.